The second-order valence-corrected chi connectivity index (χ2v) is 7.28. The number of nitrogens with zero attached hydrogens (tertiary/aromatic N) is 4. The molecule has 3 aliphatic rings. The van der Waals surface area contributed by atoms with Crippen LogP contribution in [0.4, 0.5) is 0 Å². The summed E-state index contributed by atoms with van der Waals surface area (Å²) in [5.41, 5.74) is 0.544. The zero-order chi connectivity index (χ0) is 15.9. The summed E-state index contributed by atoms with van der Waals surface area (Å²) in [5, 5.41) is 0. The van der Waals surface area contributed by atoms with E-state index in [1.54, 1.807) is 12.3 Å². The summed E-state index contributed by atoms with van der Waals surface area (Å²) in [4.78, 5) is 36.5. The third-order valence-electron chi connectivity index (χ3n) is 5.49. The Morgan fingerprint density at radius 3 is 2.74 bits per heavy atom. The molecule has 3 fully saturated rings. The fraction of sp³-hybridized carbons (Fsp3) is 0.647. The van der Waals surface area contributed by atoms with Crippen LogP contribution in [0.25, 0.3) is 0 Å². The molecule has 0 bridgehead atoms. The predicted octanol–water partition coefficient (Wildman–Crippen LogP) is 1.34. The Bertz CT molecular complexity index is 606. The van der Waals surface area contributed by atoms with Crippen LogP contribution in [0.3, 0.4) is 0 Å². The molecule has 1 aromatic heterocycles. The van der Waals surface area contributed by atoms with Gasteiger partial charge in [-0.25, -0.2) is 9.97 Å². The van der Waals surface area contributed by atoms with Gasteiger partial charge in [0.25, 0.3) is 5.91 Å². The van der Waals surface area contributed by atoms with Crippen molar-refractivity contribution < 1.29 is 9.59 Å². The molecule has 0 unspecified atom stereocenters. The Hall–Kier alpha value is -1.98. The third-order valence-corrected chi connectivity index (χ3v) is 5.49. The molecular formula is C17H22N4O2. The van der Waals surface area contributed by atoms with Gasteiger partial charge in [0.2, 0.25) is 5.91 Å². The molecule has 1 aliphatic carbocycles. The molecule has 1 aromatic rings. The zero-order valence-corrected chi connectivity index (χ0v) is 13.3. The van der Waals surface area contributed by atoms with E-state index in [0.29, 0.717) is 31.1 Å². The smallest absolute Gasteiger partial charge is 0.272 e. The second kappa shape index (κ2) is 5.58. The highest BCUT2D eigenvalue weighted by Gasteiger charge is 2.46. The first-order valence-electron chi connectivity index (χ1n) is 8.48. The fourth-order valence-corrected chi connectivity index (χ4v) is 3.86. The summed E-state index contributed by atoms with van der Waals surface area (Å²) in [5.74, 6) is 1.03. The van der Waals surface area contributed by atoms with Crippen molar-refractivity contribution in [1.29, 1.82) is 0 Å². The number of rotatable bonds is 3. The molecule has 4 rings (SSSR count). The minimum Gasteiger partial charge on any atom is -0.342 e. The number of piperidine rings is 1. The molecular weight excluding hydrogens is 292 g/mol. The zero-order valence-electron chi connectivity index (χ0n) is 13.3. The number of amides is 2. The van der Waals surface area contributed by atoms with Crippen molar-refractivity contribution in [3.63, 3.8) is 0 Å². The lowest BCUT2D eigenvalue weighted by molar-refractivity contribution is -0.128. The van der Waals surface area contributed by atoms with E-state index in [1.807, 2.05) is 4.90 Å². The summed E-state index contributed by atoms with van der Waals surface area (Å²) in [6.45, 7) is 3.27. The molecule has 1 spiro atoms. The van der Waals surface area contributed by atoms with Gasteiger partial charge in [0, 0.05) is 44.2 Å². The minimum absolute atomic E-state index is 0.0265. The fourth-order valence-electron chi connectivity index (χ4n) is 3.86. The van der Waals surface area contributed by atoms with E-state index in [-0.39, 0.29) is 11.3 Å². The Labute approximate surface area is 135 Å². The average molecular weight is 314 g/mol. The summed E-state index contributed by atoms with van der Waals surface area (Å²) in [6, 6.07) is 1.66. The van der Waals surface area contributed by atoms with Gasteiger partial charge in [0.1, 0.15) is 12.0 Å². The lowest BCUT2D eigenvalue weighted by atomic mass is 9.77. The van der Waals surface area contributed by atoms with Crippen LogP contribution in [-0.4, -0.2) is 57.8 Å². The third kappa shape index (κ3) is 2.94. The minimum atomic E-state index is -0.0265. The molecule has 2 aliphatic heterocycles. The van der Waals surface area contributed by atoms with Crippen molar-refractivity contribution in [3.05, 3.63) is 24.3 Å². The molecule has 6 nitrogen and oxygen atoms in total. The number of hydrogen-bond acceptors (Lipinski definition) is 4. The largest absolute Gasteiger partial charge is 0.342 e. The Balaban J connectivity index is 1.37. The number of hydrogen-bond donors (Lipinski definition) is 0. The van der Waals surface area contributed by atoms with Crippen molar-refractivity contribution in [2.45, 2.75) is 32.1 Å². The van der Waals surface area contributed by atoms with E-state index in [2.05, 4.69) is 14.9 Å². The van der Waals surface area contributed by atoms with E-state index in [9.17, 15) is 9.59 Å². The maximum absolute atomic E-state index is 12.4. The molecule has 0 N–H and O–H groups in total. The summed E-state index contributed by atoms with van der Waals surface area (Å²) < 4.78 is 0. The number of likely N-dealkylation sites (tertiary alicyclic amines) is 2. The number of carbonyl (C=O) groups is 2. The normalized spacial score (nSPS) is 23.6. The molecule has 23 heavy (non-hydrogen) atoms. The molecule has 0 radical (unpaired) electrons. The quantitative estimate of drug-likeness (QED) is 0.844. The molecule has 2 saturated heterocycles. The van der Waals surface area contributed by atoms with Gasteiger partial charge in [-0.3, -0.25) is 9.59 Å². The standard InChI is InChI=1S/C17H22N4O2/c22-15-9-17(11-21(15)10-13-1-2-13)4-7-20(8-5-17)16(23)14-3-6-18-12-19-14/h3,6,12-13H,1-2,4-5,7-11H2. The number of aromatic nitrogens is 2. The van der Waals surface area contributed by atoms with Crippen LogP contribution in [0.15, 0.2) is 18.6 Å². The average Bonchev–Trinajstić information content (AvgIpc) is 3.34. The summed E-state index contributed by atoms with van der Waals surface area (Å²) in [7, 11) is 0. The van der Waals surface area contributed by atoms with Gasteiger partial charge < -0.3 is 9.80 Å². The number of carbonyl (C=O) groups excluding carboxylic acids is 2. The van der Waals surface area contributed by atoms with Crippen LogP contribution in [0.5, 0.6) is 0 Å². The first-order valence-corrected chi connectivity index (χ1v) is 8.48. The molecule has 3 heterocycles. The van der Waals surface area contributed by atoms with Crippen LogP contribution in [0, 0.1) is 11.3 Å². The Morgan fingerprint density at radius 1 is 1.30 bits per heavy atom. The van der Waals surface area contributed by atoms with Gasteiger partial charge in [-0.2, -0.15) is 0 Å². The molecule has 1 saturated carbocycles. The molecule has 0 atom stereocenters. The molecule has 122 valence electrons. The van der Waals surface area contributed by atoms with E-state index < -0.39 is 0 Å². The maximum atomic E-state index is 12.4. The Kier molecular flexibility index (Phi) is 3.54. The molecule has 0 aromatic carbocycles. The topological polar surface area (TPSA) is 66.4 Å². The van der Waals surface area contributed by atoms with Crippen molar-refractivity contribution in [2.24, 2.45) is 11.3 Å². The highest BCUT2D eigenvalue weighted by atomic mass is 16.2. The predicted molar refractivity (Wildman–Crippen MR) is 83.5 cm³/mol. The van der Waals surface area contributed by atoms with Crippen LogP contribution in [0.2, 0.25) is 0 Å². The van der Waals surface area contributed by atoms with Crippen LogP contribution in [-0.2, 0) is 4.79 Å². The van der Waals surface area contributed by atoms with Gasteiger partial charge >= 0.3 is 0 Å². The summed E-state index contributed by atoms with van der Waals surface area (Å²) >= 11 is 0. The van der Waals surface area contributed by atoms with Crippen molar-refractivity contribution in [2.75, 3.05) is 26.2 Å². The molecule has 6 heteroatoms. The van der Waals surface area contributed by atoms with Gasteiger partial charge in [-0.05, 0) is 37.7 Å². The lowest BCUT2D eigenvalue weighted by Gasteiger charge is -2.38. The first-order chi connectivity index (χ1) is 11.2. The van der Waals surface area contributed by atoms with Crippen LogP contribution in [0.1, 0.15) is 42.6 Å². The first kappa shape index (κ1) is 14.6. The van der Waals surface area contributed by atoms with Gasteiger partial charge in [-0.15, -0.1) is 0 Å². The van der Waals surface area contributed by atoms with Gasteiger partial charge in [0.05, 0.1) is 0 Å². The lowest BCUT2D eigenvalue weighted by Crippen LogP contribution is -2.44. The van der Waals surface area contributed by atoms with Crippen LogP contribution >= 0.6 is 0 Å². The van der Waals surface area contributed by atoms with Crippen molar-refractivity contribution >= 4 is 11.8 Å². The van der Waals surface area contributed by atoms with E-state index in [4.69, 9.17) is 0 Å². The molecule has 2 amide bonds. The monoisotopic (exact) mass is 314 g/mol. The maximum Gasteiger partial charge on any atom is 0.272 e. The Morgan fingerprint density at radius 2 is 2.09 bits per heavy atom. The van der Waals surface area contributed by atoms with E-state index >= 15 is 0 Å². The van der Waals surface area contributed by atoms with Gasteiger partial charge in [-0.1, -0.05) is 0 Å². The second-order valence-electron chi connectivity index (χ2n) is 7.28. The van der Waals surface area contributed by atoms with E-state index in [0.717, 1.165) is 31.8 Å². The summed E-state index contributed by atoms with van der Waals surface area (Å²) in [6.07, 6.45) is 8.04. The van der Waals surface area contributed by atoms with Crippen molar-refractivity contribution in [1.82, 2.24) is 19.8 Å². The van der Waals surface area contributed by atoms with Gasteiger partial charge in [0.15, 0.2) is 0 Å². The highest BCUT2D eigenvalue weighted by Crippen LogP contribution is 2.42. The van der Waals surface area contributed by atoms with Crippen molar-refractivity contribution in [3.8, 4) is 0 Å². The SMILES string of the molecule is O=C1CC2(CCN(C(=O)c3ccncn3)CC2)CN1CC1CC1. The van der Waals surface area contributed by atoms with Crippen LogP contribution < -0.4 is 0 Å². The van der Waals surface area contributed by atoms with E-state index in [1.165, 1.54) is 19.2 Å². The highest BCUT2D eigenvalue weighted by molar-refractivity contribution is 5.92.